The summed E-state index contributed by atoms with van der Waals surface area (Å²) in [6, 6.07) is 9.75. The zero-order valence-electron chi connectivity index (χ0n) is 9.02. The molecule has 3 rings (SSSR count). The van der Waals surface area contributed by atoms with Gasteiger partial charge in [-0.3, -0.25) is 14.7 Å². The maximum atomic E-state index is 12.2. The lowest BCUT2D eigenvalue weighted by atomic mass is 10.2. The van der Waals surface area contributed by atoms with Gasteiger partial charge in [0.05, 0.1) is 6.17 Å². The molecule has 1 atom stereocenters. The van der Waals surface area contributed by atoms with E-state index in [-0.39, 0.29) is 11.7 Å². The average Bonchev–Trinajstić information content (AvgIpc) is 2.83. The second-order valence-corrected chi connectivity index (χ2v) is 4.23. The van der Waals surface area contributed by atoms with E-state index in [1.807, 2.05) is 41.1 Å². The Morgan fingerprint density at radius 2 is 2.12 bits per heavy atom. The van der Waals surface area contributed by atoms with E-state index in [4.69, 9.17) is 0 Å². The number of pyridine rings is 1. The number of nitrogens with zero attached hydrogens (tertiary/aromatic N) is 1. The van der Waals surface area contributed by atoms with Gasteiger partial charge in [0, 0.05) is 11.6 Å². The lowest BCUT2D eigenvalue weighted by molar-refractivity contribution is 0.458. The molecule has 3 heteroatoms. The fourth-order valence-corrected chi connectivity index (χ4v) is 2.35. The number of aromatic nitrogens is 1. The molecule has 1 N–H and O–H groups in total. The Hall–Kier alpha value is -1.61. The van der Waals surface area contributed by atoms with Crippen molar-refractivity contribution in [2.24, 2.45) is 0 Å². The van der Waals surface area contributed by atoms with Crippen LogP contribution in [0.2, 0.25) is 0 Å². The van der Waals surface area contributed by atoms with Crippen LogP contribution in [0.15, 0.2) is 41.3 Å². The standard InChI is InChI=1S/C13H14N2O/c16-13-11-5-2-1-4-10(11)7-9-15(13)12-6-3-8-14-12/h1-2,4-5,7,9,12,14H,3,6,8H2. The minimum Gasteiger partial charge on any atom is -0.299 e. The van der Waals surface area contributed by atoms with Gasteiger partial charge in [0.15, 0.2) is 0 Å². The van der Waals surface area contributed by atoms with Crippen molar-refractivity contribution >= 4 is 10.8 Å². The highest BCUT2D eigenvalue weighted by molar-refractivity contribution is 5.81. The highest BCUT2D eigenvalue weighted by Gasteiger charge is 2.17. The molecule has 82 valence electrons. The maximum Gasteiger partial charge on any atom is 0.259 e. The molecule has 0 bridgehead atoms. The molecule has 1 unspecified atom stereocenters. The van der Waals surface area contributed by atoms with Gasteiger partial charge in [-0.05, 0) is 36.9 Å². The summed E-state index contributed by atoms with van der Waals surface area (Å²) in [6.45, 7) is 1.00. The van der Waals surface area contributed by atoms with Crippen molar-refractivity contribution in [3.8, 4) is 0 Å². The van der Waals surface area contributed by atoms with Gasteiger partial charge in [0.2, 0.25) is 0 Å². The van der Waals surface area contributed by atoms with Gasteiger partial charge in [-0.15, -0.1) is 0 Å². The third kappa shape index (κ3) is 1.44. The number of fused-ring (bicyclic) bond motifs is 1. The van der Waals surface area contributed by atoms with Crippen molar-refractivity contribution in [1.29, 1.82) is 0 Å². The maximum absolute atomic E-state index is 12.2. The quantitative estimate of drug-likeness (QED) is 0.786. The summed E-state index contributed by atoms with van der Waals surface area (Å²) in [5, 5.41) is 5.16. The largest absolute Gasteiger partial charge is 0.299 e. The Morgan fingerprint density at radius 3 is 2.94 bits per heavy atom. The Kier molecular flexibility index (Phi) is 2.26. The van der Waals surface area contributed by atoms with Crippen LogP contribution in [0.5, 0.6) is 0 Å². The molecule has 2 heterocycles. The summed E-state index contributed by atoms with van der Waals surface area (Å²) in [6.07, 6.45) is 4.26. The SMILES string of the molecule is O=c1c2ccccc2ccn1C1CCCN1. The zero-order chi connectivity index (χ0) is 11.0. The van der Waals surface area contributed by atoms with Crippen molar-refractivity contribution in [3.63, 3.8) is 0 Å². The summed E-state index contributed by atoms with van der Waals surface area (Å²) < 4.78 is 1.81. The van der Waals surface area contributed by atoms with Crippen molar-refractivity contribution in [2.45, 2.75) is 19.0 Å². The molecule has 1 aromatic carbocycles. The fraction of sp³-hybridized carbons (Fsp3) is 0.308. The van der Waals surface area contributed by atoms with E-state index in [0.717, 1.165) is 30.2 Å². The second-order valence-electron chi connectivity index (χ2n) is 4.23. The summed E-state index contributed by atoms with van der Waals surface area (Å²) in [4.78, 5) is 12.2. The van der Waals surface area contributed by atoms with Crippen LogP contribution in [0.1, 0.15) is 19.0 Å². The lowest BCUT2D eigenvalue weighted by Crippen LogP contribution is -2.29. The third-order valence-electron chi connectivity index (χ3n) is 3.21. The first-order valence-corrected chi connectivity index (χ1v) is 5.69. The van der Waals surface area contributed by atoms with Crippen LogP contribution >= 0.6 is 0 Å². The molecular weight excluding hydrogens is 200 g/mol. The normalized spacial score (nSPS) is 20.4. The van der Waals surface area contributed by atoms with E-state index in [2.05, 4.69) is 5.32 Å². The Balaban J connectivity index is 2.19. The second kappa shape index (κ2) is 3.76. The molecular formula is C13H14N2O. The number of hydrogen-bond donors (Lipinski definition) is 1. The first-order chi connectivity index (χ1) is 7.86. The predicted molar refractivity (Wildman–Crippen MR) is 64.5 cm³/mol. The molecule has 0 saturated carbocycles. The monoisotopic (exact) mass is 214 g/mol. The van der Waals surface area contributed by atoms with Crippen LogP contribution in [0.3, 0.4) is 0 Å². The van der Waals surface area contributed by atoms with Gasteiger partial charge in [-0.2, -0.15) is 0 Å². The molecule has 0 aliphatic carbocycles. The number of hydrogen-bond acceptors (Lipinski definition) is 2. The number of nitrogens with one attached hydrogen (secondary N) is 1. The molecule has 1 aliphatic rings. The predicted octanol–water partition coefficient (Wildman–Crippen LogP) is 1.88. The molecule has 0 amide bonds. The molecule has 0 spiro atoms. The van der Waals surface area contributed by atoms with Crippen molar-refractivity contribution in [2.75, 3.05) is 6.54 Å². The Bertz CT molecular complexity index is 567. The van der Waals surface area contributed by atoms with Crippen LogP contribution in [-0.4, -0.2) is 11.1 Å². The van der Waals surface area contributed by atoms with E-state index < -0.39 is 0 Å². The van der Waals surface area contributed by atoms with Crippen molar-refractivity contribution in [3.05, 3.63) is 46.9 Å². The van der Waals surface area contributed by atoms with E-state index in [1.54, 1.807) is 0 Å². The van der Waals surface area contributed by atoms with E-state index >= 15 is 0 Å². The highest BCUT2D eigenvalue weighted by atomic mass is 16.1. The molecule has 1 aromatic heterocycles. The summed E-state index contributed by atoms with van der Waals surface area (Å²) in [5.41, 5.74) is 0.109. The minimum absolute atomic E-state index is 0.109. The molecule has 16 heavy (non-hydrogen) atoms. The van der Waals surface area contributed by atoms with Crippen molar-refractivity contribution < 1.29 is 0 Å². The number of benzene rings is 1. The molecule has 1 aliphatic heterocycles. The number of rotatable bonds is 1. The first-order valence-electron chi connectivity index (χ1n) is 5.69. The van der Waals surface area contributed by atoms with Crippen LogP contribution < -0.4 is 10.9 Å². The third-order valence-corrected chi connectivity index (χ3v) is 3.21. The molecule has 1 saturated heterocycles. The molecule has 2 aromatic rings. The first kappa shape index (κ1) is 9.60. The topological polar surface area (TPSA) is 34.0 Å². The lowest BCUT2D eigenvalue weighted by Gasteiger charge is -2.14. The zero-order valence-corrected chi connectivity index (χ0v) is 9.02. The van der Waals surface area contributed by atoms with E-state index in [1.165, 1.54) is 0 Å². The van der Waals surface area contributed by atoms with Gasteiger partial charge < -0.3 is 0 Å². The van der Waals surface area contributed by atoms with E-state index in [0.29, 0.717) is 0 Å². The van der Waals surface area contributed by atoms with Crippen LogP contribution in [0, 0.1) is 0 Å². The van der Waals surface area contributed by atoms with E-state index in [9.17, 15) is 4.79 Å². The van der Waals surface area contributed by atoms with Crippen molar-refractivity contribution in [1.82, 2.24) is 9.88 Å². The fourth-order valence-electron chi connectivity index (χ4n) is 2.35. The van der Waals surface area contributed by atoms with Crippen LogP contribution in [0.25, 0.3) is 10.8 Å². The van der Waals surface area contributed by atoms with Gasteiger partial charge in [0.25, 0.3) is 5.56 Å². The summed E-state index contributed by atoms with van der Waals surface area (Å²) in [7, 11) is 0. The van der Waals surface area contributed by atoms with Gasteiger partial charge in [0.1, 0.15) is 0 Å². The minimum atomic E-state index is 0.109. The molecule has 3 nitrogen and oxygen atoms in total. The Morgan fingerprint density at radius 1 is 1.25 bits per heavy atom. The summed E-state index contributed by atoms with van der Waals surface area (Å²) >= 11 is 0. The molecule has 0 radical (unpaired) electrons. The van der Waals surface area contributed by atoms with Crippen LogP contribution in [-0.2, 0) is 0 Å². The van der Waals surface area contributed by atoms with Crippen LogP contribution in [0.4, 0.5) is 0 Å². The van der Waals surface area contributed by atoms with Gasteiger partial charge >= 0.3 is 0 Å². The molecule has 1 fully saturated rings. The summed E-state index contributed by atoms with van der Waals surface area (Å²) in [5.74, 6) is 0. The average molecular weight is 214 g/mol. The van der Waals surface area contributed by atoms with Gasteiger partial charge in [-0.1, -0.05) is 18.2 Å². The Labute approximate surface area is 93.7 Å². The smallest absolute Gasteiger partial charge is 0.259 e. The van der Waals surface area contributed by atoms with Gasteiger partial charge in [-0.25, -0.2) is 0 Å². The highest BCUT2D eigenvalue weighted by Crippen LogP contribution is 2.16.